The molecule has 1 aromatic heterocycles. The second kappa shape index (κ2) is 10.9. The van der Waals surface area contributed by atoms with E-state index in [9.17, 15) is 9.59 Å². The van der Waals surface area contributed by atoms with Gasteiger partial charge in [0.2, 0.25) is 0 Å². The van der Waals surface area contributed by atoms with Gasteiger partial charge in [-0.3, -0.25) is 14.3 Å². The minimum absolute atomic E-state index is 0.208. The number of hydrogen-bond donors (Lipinski definition) is 2. The zero-order chi connectivity index (χ0) is 23.1. The highest BCUT2D eigenvalue weighted by Crippen LogP contribution is 2.27. The fraction of sp³-hybridized carbons (Fsp3) is 0.143. The summed E-state index contributed by atoms with van der Waals surface area (Å²) in [7, 11) is 1.48. The number of halogens is 2. The Hall–Kier alpha value is -3.18. The van der Waals surface area contributed by atoms with E-state index in [-0.39, 0.29) is 12.3 Å². The maximum Gasteiger partial charge on any atom is 0.293 e. The van der Waals surface area contributed by atoms with Crippen molar-refractivity contribution in [2.75, 3.05) is 13.7 Å². The Labute approximate surface area is 200 Å². The number of benzene rings is 2. The van der Waals surface area contributed by atoms with Gasteiger partial charge in [0.25, 0.3) is 11.8 Å². The lowest BCUT2D eigenvalue weighted by molar-refractivity contribution is -0.119. The molecule has 2 amide bonds. The molecule has 9 nitrogen and oxygen atoms in total. The number of ether oxygens (including phenoxy) is 2. The van der Waals surface area contributed by atoms with Crippen LogP contribution in [0.4, 0.5) is 0 Å². The summed E-state index contributed by atoms with van der Waals surface area (Å²) >= 11 is 6.77. The van der Waals surface area contributed by atoms with Gasteiger partial charge in [-0.25, -0.2) is 5.43 Å². The van der Waals surface area contributed by atoms with Crippen molar-refractivity contribution in [3.8, 4) is 11.5 Å². The summed E-state index contributed by atoms with van der Waals surface area (Å²) < 4.78 is 13.7. The first-order valence-corrected chi connectivity index (χ1v) is 10.8. The van der Waals surface area contributed by atoms with Gasteiger partial charge in [0.1, 0.15) is 0 Å². The van der Waals surface area contributed by atoms with Crippen LogP contribution in [0.3, 0.4) is 0 Å². The number of carbonyl (C=O) groups excluding carboxylic acids is 2. The molecule has 0 saturated heterocycles. The van der Waals surface area contributed by atoms with E-state index >= 15 is 0 Å². The molecule has 0 aliphatic carbocycles. The number of hydrazone groups is 1. The summed E-state index contributed by atoms with van der Waals surface area (Å²) in [6.45, 7) is 0.229. The highest BCUT2D eigenvalue weighted by atomic mass is 79.9. The van der Waals surface area contributed by atoms with Crippen LogP contribution in [0.5, 0.6) is 11.5 Å². The number of amides is 2. The minimum atomic E-state index is -0.608. The van der Waals surface area contributed by atoms with E-state index in [4.69, 9.17) is 15.2 Å². The predicted octanol–water partition coefficient (Wildman–Crippen LogP) is 3.09. The highest BCUT2D eigenvalue weighted by molar-refractivity contribution is 9.10. The lowest BCUT2D eigenvalue weighted by Gasteiger charge is -2.09. The van der Waals surface area contributed by atoms with Crippen LogP contribution in [-0.2, 0) is 11.3 Å². The Bertz CT molecular complexity index is 1150. The Balaban J connectivity index is 1.65. The van der Waals surface area contributed by atoms with Crippen LogP contribution in [0, 0.1) is 0 Å². The number of hydrogen-bond acceptors (Lipinski definition) is 6. The van der Waals surface area contributed by atoms with Crippen molar-refractivity contribution in [2.24, 2.45) is 10.8 Å². The summed E-state index contributed by atoms with van der Waals surface area (Å²) in [5.41, 5.74) is 9.42. The summed E-state index contributed by atoms with van der Waals surface area (Å²) in [5, 5.41) is 8.29. The average Bonchev–Trinajstić information content (AvgIpc) is 3.14. The lowest BCUT2D eigenvalue weighted by Crippen LogP contribution is -2.20. The largest absolute Gasteiger partial charge is 0.493 e. The summed E-state index contributed by atoms with van der Waals surface area (Å²) in [4.78, 5) is 23.4. The molecule has 0 spiro atoms. The number of carbonyl (C=O) groups is 2. The first kappa shape index (κ1) is 23.5. The molecule has 2 aromatic carbocycles. The predicted molar refractivity (Wildman–Crippen MR) is 126 cm³/mol. The van der Waals surface area contributed by atoms with Gasteiger partial charge in [-0.05, 0) is 57.4 Å². The molecule has 0 radical (unpaired) electrons. The van der Waals surface area contributed by atoms with Gasteiger partial charge in [0.15, 0.2) is 23.8 Å². The maximum absolute atomic E-state index is 12.5. The normalized spacial score (nSPS) is 10.8. The molecule has 11 heteroatoms. The second-order valence-electron chi connectivity index (χ2n) is 6.51. The quantitative estimate of drug-likeness (QED) is 0.305. The molecule has 166 valence electrons. The van der Waals surface area contributed by atoms with Crippen molar-refractivity contribution in [3.05, 3.63) is 74.4 Å². The molecular formula is C21H19Br2N5O4. The van der Waals surface area contributed by atoms with Crippen molar-refractivity contribution in [1.29, 1.82) is 0 Å². The zero-order valence-corrected chi connectivity index (χ0v) is 20.1. The van der Waals surface area contributed by atoms with Crippen LogP contribution in [0.2, 0.25) is 0 Å². The van der Waals surface area contributed by atoms with E-state index in [0.29, 0.717) is 28.1 Å². The number of rotatable bonds is 9. The third-order valence-electron chi connectivity index (χ3n) is 4.13. The third-order valence-corrected chi connectivity index (χ3v) is 5.24. The van der Waals surface area contributed by atoms with Gasteiger partial charge in [0, 0.05) is 10.7 Å². The first-order chi connectivity index (χ1) is 15.4. The Morgan fingerprint density at radius 1 is 1.19 bits per heavy atom. The van der Waals surface area contributed by atoms with E-state index in [0.717, 1.165) is 10.0 Å². The molecule has 0 fully saturated rings. The molecule has 3 aromatic rings. The topological polar surface area (TPSA) is 121 Å². The molecule has 1 heterocycles. The molecule has 0 unspecified atom stereocenters. The number of nitrogens with one attached hydrogen (secondary N) is 1. The maximum atomic E-state index is 12.5. The van der Waals surface area contributed by atoms with Gasteiger partial charge < -0.3 is 15.2 Å². The lowest BCUT2D eigenvalue weighted by atomic mass is 10.2. The zero-order valence-electron chi connectivity index (χ0n) is 16.9. The number of aromatic nitrogens is 2. The standard InChI is InChI=1S/C21H19Br2N5O4/c1-31-17-7-4-14(8-18(17)32-12-19(24)29)9-25-26-21(30)20-16(23)11-28(27-20)10-13-2-5-15(22)6-3-13/h2-9,11H,10,12H2,1H3,(H2,24,29)(H,26,30). The van der Waals surface area contributed by atoms with Crippen molar-refractivity contribution in [1.82, 2.24) is 15.2 Å². The van der Waals surface area contributed by atoms with Crippen LogP contribution in [0.1, 0.15) is 21.6 Å². The summed E-state index contributed by atoms with van der Waals surface area (Å²) in [6.07, 6.45) is 3.16. The van der Waals surface area contributed by atoms with Gasteiger partial charge in [-0.1, -0.05) is 28.1 Å². The Kier molecular flexibility index (Phi) is 8.01. The molecule has 0 aliphatic heterocycles. The minimum Gasteiger partial charge on any atom is -0.493 e. The van der Waals surface area contributed by atoms with Crippen molar-refractivity contribution < 1.29 is 19.1 Å². The molecule has 0 saturated carbocycles. The number of nitrogens with zero attached hydrogens (tertiary/aromatic N) is 3. The molecule has 3 N–H and O–H groups in total. The van der Waals surface area contributed by atoms with E-state index < -0.39 is 11.8 Å². The van der Waals surface area contributed by atoms with Crippen LogP contribution in [-0.4, -0.2) is 41.5 Å². The van der Waals surface area contributed by atoms with Gasteiger partial charge in [-0.2, -0.15) is 10.2 Å². The number of nitrogens with two attached hydrogens (primary N) is 1. The van der Waals surface area contributed by atoms with Crippen molar-refractivity contribution in [3.63, 3.8) is 0 Å². The molecule has 32 heavy (non-hydrogen) atoms. The fourth-order valence-electron chi connectivity index (χ4n) is 2.66. The van der Waals surface area contributed by atoms with E-state index in [1.807, 2.05) is 24.3 Å². The molecule has 3 rings (SSSR count). The second-order valence-corrected chi connectivity index (χ2v) is 8.28. The summed E-state index contributed by atoms with van der Waals surface area (Å²) in [6, 6.07) is 12.8. The monoisotopic (exact) mass is 563 g/mol. The van der Waals surface area contributed by atoms with Crippen molar-refractivity contribution >= 4 is 49.9 Å². The Morgan fingerprint density at radius 2 is 1.94 bits per heavy atom. The van der Waals surface area contributed by atoms with Crippen molar-refractivity contribution in [2.45, 2.75) is 6.54 Å². The third kappa shape index (κ3) is 6.41. The van der Waals surface area contributed by atoms with E-state index in [1.165, 1.54) is 13.3 Å². The SMILES string of the molecule is COc1ccc(C=NNC(=O)c2nn(Cc3ccc(Br)cc3)cc2Br)cc1OCC(N)=O. The van der Waals surface area contributed by atoms with Gasteiger partial charge >= 0.3 is 0 Å². The van der Waals surface area contributed by atoms with E-state index in [1.54, 1.807) is 29.1 Å². The van der Waals surface area contributed by atoms with Crippen LogP contribution in [0.15, 0.2) is 62.7 Å². The van der Waals surface area contributed by atoms with Crippen LogP contribution in [0.25, 0.3) is 0 Å². The number of primary amides is 1. The highest BCUT2D eigenvalue weighted by Gasteiger charge is 2.15. The fourth-order valence-corrected chi connectivity index (χ4v) is 3.42. The van der Waals surface area contributed by atoms with Gasteiger partial charge in [-0.15, -0.1) is 0 Å². The van der Waals surface area contributed by atoms with Crippen LogP contribution < -0.4 is 20.6 Å². The molecular weight excluding hydrogens is 546 g/mol. The molecule has 0 bridgehead atoms. The number of methoxy groups -OCH3 is 1. The average molecular weight is 565 g/mol. The van der Waals surface area contributed by atoms with E-state index in [2.05, 4.69) is 47.5 Å². The smallest absolute Gasteiger partial charge is 0.293 e. The van der Waals surface area contributed by atoms with Gasteiger partial charge in [0.05, 0.1) is 24.3 Å². The Morgan fingerprint density at radius 3 is 2.62 bits per heavy atom. The van der Waals surface area contributed by atoms with Crippen LogP contribution >= 0.6 is 31.9 Å². The molecule has 0 aliphatic rings. The first-order valence-electron chi connectivity index (χ1n) is 9.25. The molecule has 0 atom stereocenters. The summed E-state index contributed by atoms with van der Waals surface area (Å²) in [5.74, 6) is -0.311.